The Labute approximate surface area is 53.3 Å². The molecule has 0 aliphatic rings. The van der Waals surface area contributed by atoms with E-state index in [0.29, 0.717) is 0 Å². The molecule has 0 saturated carbocycles. The van der Waals surface area contributed by atoms with Gasteiger partial charge in [0.15, 0.2) is 0 Å². The quantitative estimate of drug-likeness (QED) is 0.479. The first kappa shape index (κ1) is 8.00. The van der Waals surface area contributed by atoms with E-state index >= 15 is 0 Å². The van der Waals surface area contributed by atoms with Crippen LogP contribution in [-0.2, 0) is 0 Å². The first-order valence-corrected chi connectivity index (χ1v) is 3.56. The topological polar surface area (TPSA) is 0 Å². The second-order valence-electron chi connectivity index (χ2n) is 2.16. The second kappa shape index (κ2) is 7.00. The Bertz CT molecular complexity index is 25.0. The summed E-state index contributed by atoms with van der Waals surface area (Å²) in [7, 11) is 0. The van der Waals surface area contributed by atoms with Crippen molar-refractivity contribution in [3.63, 3.8) is 0 Å². The monoisotopic (exact) mass is 112 g/mol. The Morgan fingerprint density at radius 1 is 1.12 bits per heavy atom. The van der Waals surface area contributed by atoms with Crippen LogP contribution in [0.25, 0.3) is 0 Å². The highest BCUT2D eigenvalue weighted by Crippen LogP contribution is 2.02. The Kier molecular flexibility index (Phi) is 7.00. The standard InChI is InChI=1S/C8H16/c1-3-5-7-8-6-4-2/h3,5-8H2,1-2H3. The van der Waals surface area contributed by atoms with E-state index < -0.39 is 0 Å². The summed E-state index contributed by atoms with van der Waals surface area (Å²) in [5.74, 6) is 0. The largest absolute Gasteiger partial charge is 0.0654 e. The minimum absolute atomic E-state index is 1.18. The molecule has 0 spiro atoms. The highest BCUT2D eigenvalue weighted by atomic mass is 13.9. The van der Waals surface area contributed by atoms with Gasteiger partial charge >= 0.3 is 0 Å². The molecule has 0 rings (SSSR count). The SMILES string of the molecule is C[C]CCCCCC. The summed E-state index contributed by atoms with van der Waals surface area (Å²) in [6.07, 6.45) is 9.76. The van der Waals surface area contributed by atoms with Crippen LogP contribution in [0.4, 0.5) is 0 Å². The van der Waals surface area contributed by atoms with Gasteiger partial charge in [0.2, 0.25) is 0 Å². The molecule has 0 saturated heterocycles. The maximum Gasteiger partial charge on any atom is -0.0207 e. The molecule has 0 heteroatoms. The van der Waals surface area contributed by atoms with Gasteiger partial charge in [-0.3, -0.25) is 0 Å². The molecule has 0 aromatic carbocycles. The van der Waals surface area contributed by atoms with Gasteiger partial charge in [0.05, 0.1) is 0 Å². The molecule has 0 fully saturated rings. The molecule has 0 heterocycles. The highest BCUT2D eigenvalue weighted by Gasteiger charge is 1.83. The summed E-state index contributed by atoms with van der Waals surface area (Å²) in [5.41, 5.74) is 0. The molecule has 0 nitrogen and oxygen atoms in total. The molecule has 8 heavy (non-hydrogen) atoms. The van der Waals surface area contributed by atoms with Crippen molar-refractivity contribution >= 4 is 0 Å². The molecule has 0 bridgehead atoms. The molecule has 0 aromatic heterocycles. The molecule has 0 amide bonds. The fourth-order valence-corrected chi connectivity index (χ4v) is 0.729. The zero-order valence-corrected chi connectivity index (χ0v) is 6.04. The van der Waals surface area contributed by atoms with E-state index in [4.69, 9.17) is 0 Å². The zero-order chi connectivity index (χ0) is 6.24. The Balaban J connectivity index is 2.53. The molecule has 48 valence electrons. The molecular weight excluding hydrogens is 96.1 g/mol. The average Bonchev–Trinajstić information content (AvgIpc) is 1.81. The number of rotatable bonds is 5. The highest BCUT2D eigenvalue weighted by molar-refractivity contribution is 4.54. The number of unbranched alkanes of at least 4 members (excludes halogenated alkanes) is 5. The molecule has 0 unspecified atom stereocenters. The van der Waals surface area contributed by atoms with Gasteiger partial charge in [-0.1, -0.05) is 39.5 Å². The predicted molar refractivity (Wildman–Crippen MR) is 37.7 cm³/mol. The van der Waals surface area contributed by atoms with Crippen LogP contribution in [-0.4, -0.2) is 0 Å². The summed E-state index contributed by atoms with van der Waals surface area (Å²) in [4.78, 5) is 0. The third kappa shape index (κ3) is 6.00. The van der Waals surface area contributed by atoms with E-state index in [0.717, 1.165) is 0 Å². The van der Waals surface area contributed by atoms with Crippen LogP contribution in [0.2, 0.25) is 0 Å². The van der Waals surface area contributed by atoms with Crippen LogP contribution in [0.3, 0.4) is 0 Å². The fraction of sp³-hybridized carbons (Fsp3) is 0.875. The van der Waals surface area contributed by atoms with Crippen molar-refractivity contribution in [1.82, 2.24) is 0 Å². The van der Waals surface area contributed by atoms with E-state index in [9.17, 15) is 0 Å². The van der Waals surface area contributed by atoms with E-state index in [-0.39, 0.29) is 0 Å². The zero-order valence-electron chi connectivity index (χ0n) is 6.04. The van der Waals surface area contributed by atoms with Crippen molar-refractivity contribution in [1.29, 1.82) is 0 Å². The van der Waals surface area contributed by atoms with Gasteiger partial charge in [0, 0.05) is 0 Å². The lowest BCUT2D eigenvalue weighted by Gasteiger charge is -1.93. The lowest BCUT2D eigenvalue weighted by Crippen LogP contribution is -1.74. The van der Waals surface area contributed by atoms with Gasteiger partial charge < -0.3 is 0 Å². The van der Waals surface area contributed by atoms with E-state index in [1.165, 1.54) is 32.1 Å². The van der Waals surface area contributed by atoms with Crippen molar-refractivity contribution in [2.75, 3.05) is 0 Å². The molecular formula is C8H16. The Morgan fingerprint density at radius 3 is 2.38 bits per heavy atom. The van der Waals surface area contributed by atoms with Gasteiger partial charge in [0.1, 0.15) is 0 Å². The summed E-state index contributed by atoms with van der Waals surface area (Å²) >= 11 is 0. The molecule has 0 aliphatic heterocycles. The van der Waals surface area contributed by atoms with Gasteiger partial charge in [0.25, 0.3) is 0 Å². The van der Waals surface area contributed by atoms with Crippen LogP contribution in [0.5, 0.6) is 0 Å². The van der Waals surface area contributed by atoms with Gasteiger partial charge in [-0.15, -0.1) is 0 Å². The summed E-state index contributed by atoms with van der Waals surface area (Å²) in [6.45, 7) is 4.24. The van der Waals surface area contributed by atoms with Crippen molar-refractivity contribution in [2.45, 2.75) is 46.0 Å². The molecule has 0 aliphatic carbocycles. The number of hydrogen-bond acceptors (Lipinski definition) is 0. The average molecular weight is 112 g/mol. The first-order chi connectivity index (χ1) is 3.91. The van der Waals surface area contributed by atoms with Crippen LogP contribution in [0.1, 0.15) is 46.0 Å². The van der Waals surface area contributed by atoms with Crippen LogP contribution >= 0.6 is 0 Å². The van der Waals surface area contributed by atoms with Gasteiger partial charge in [-0.05, 0) is 12.8 Å². The van der Waals surface area contributed by atoms with Crippen LogP contribution < -0.4 is 0 Å². The van der Waals surface area contributed by atoms with Gasteiger partial charge in [-0.2, -0.15) is 0 Å². The second-order valence-corrected chi connectivity index (χ2v) is 2.16. The van der Waals surface area contributed by atoms with E-state index in [1.54, 1.807) is 0 Å². The van der Waals surface area contributed by atoms with Crippen molar-refractivity contribution < 1.29 is 0 Å². The lowest BCUT2D eigenvalue weighted by molar-refractivity contribution is 0.662. The van der Waals surface area contributed by atoms with Crippen LogP contribution in [0.15, 0.2) is 0 Å². The minimum atomic E-state index is 1.18. The van der Waals surface area contributed by atoms with Crippen molar-refractivity contribution in [3.8, 4) is 0 Å². The third-order valence-electron chi connectivity index (χ3n) is 1.28. The number of hydrogen-bond donors (Lipinski definition) is 0. The summed E-state index contributed by atoms with van der Waals surface area (Å²) in [6, 6.07) is 0. The smallest absolute Gasteiger partial charge is 0.0207 e. The normalized spacial score (nSPS) is 9.75. The Hall–Kier alpha value is 0. The predicted octanol–water partition coefficient (Wildman–Crippen LogP) is 3.06. The van der Waals surface area contributed by atoms with Gasteiger partial charge in [-0.25, -0.2) is 0 Å². The first-order valence-electron chi connectivity index (χ1n) is 3.56. The lowest BCUT2D eigenvalue weighted by atomic mass is 10.1. The Morgan fingerprint density at radius 2 is 1.88 bits per heavy atom. The summed E-state index contributed by atoms with van der Waals surface area (Å²) in [5, 5.41) is 0. The molecule has 2 radical (unpaired) electrons. The minimum Gasteiger partial charge on any atom is -0.0654 e. The van der Waals surface area contributed by atoms with Crippen LogP contribution in [0, 0.1) is 6.42 Å². The third-order valence-corrected chi connectivity index (χ3v) is 1.28. The summed E-state index contributed by atoms with van der Waals surface area (Å²) < 4.78 is 0. The van der Waals surface area contributed by atoms with E-state index in [2.05, 4.69) is 13.3 Å². The maximum atomic E-state index is 3.13. The fourth-order valence-electron chi connectivity index (χ4n) is 0.729. The maximum absolute atomic E-state index is 3.13. The van der Waals surface area contributed by atoms with Crippen molar-refractivity contribution in [2.24, 2.45) is 0 Å². The van der Waals surface area contributed by atoms with Crippen molar-refractivity contribution in [3.05, 3.63) is 6.42 Å². The van der Waals surface area contributed by atoms with E-state index in [1.807, 2.05) is 6.92 Å². The molecule has 0 N–H and O–H groups in total. The molecule has 0 aromatic rings. The molecule has 0 atom stereocenters.